The summed E-state index contributed by atoms with van der Waals surface area (Å²) in [6.45, 7) is 0.595. The first kappa shape index (κ1) is 10.9. The summed E-state index contributed by atoms with van der Waals surface area (Å²) in [6.07, 6.45) is 6.16. The third-order valence-corrected chi connectivity index (χ3v) is 2.12. The smallest absolute Gasteiger partial charge is 0.208 e. The summed E-state index contributed by atoms with van der Waals surface area (Å²) in [4.78, 5) is 10.9. The van der Waals surface area contributed by atoms with Gasteiger partial charge in [0, 0.05) is 11.5 Å². The topological polar surface area (TPSA) is 35.5 Å². The normalized spacial score (nSPS) is 19.4. The Hall–Kier alpha value is -0.200. The van der Waals surface area contributed by atoms with Crippen molar-refractivity contribution in [3.8, 4) is 0 Å². The van der Waals surface area contributed by atoms with Crippen molar-refractivity contribution in [2.24, 2.45) is 0 Å². The molecule has 0 aromatic carbocycles. The number of methoxy groups -OCH3 is 1. The van der Waals surface area contributed by atoms with Crippen LogP contribution >= 0.6 is 22.6 Å². The van der Waals surface area contributed by atoms with Crippen LogP contribution in [0.4, 0.5) is 0 Å². The lowest BCUT2D eigenvalue weighted by molar-refractivity contribution is -0.150. The van der Waals surface area contributed by atoms with E-state index in [-0.39, 0.29) is 5.78 Å². The highest BCUT2D eigenvalue weighted by Crippen LogP contribution is 2.19. The monoisotopic (exact) mass is 294 g/mol. The van der Waals surface area contributed by atoms with Gasteiger partial charge in [0.05, 0.1) is 6.61 Å². The number of halogens is 1. The number of allylic oxidation sites excluding steroid dienone is 2. The Kier molecular flexibility index (Phi) is 4.08. The fourth-order valence-corrected chi connectivity index (χ4v) is 1.22. The standard InChI is InChI=1S/C9H11IO3/c1-12-9(13-7-6-10)4-2-8(11)3-5-9/h2-5H,6-7H2,1H3. The van der Waals surface area contributed by atoms with Gasteiger partial charge >= 0.3 is 0 Å². The van der Waals surface area contributed by atoms with Crippen LogP contribution in [0.3, 0.4) is 0 Å². The molecule has 13 heavy (non-hydrogen) atoms. The second-order valence-corrected chi connectivity index (χ2v) is 3.61. The maximum atomic E-state index is 10.9. The second-order valence-electron chi connectivity index (χ2n) is 2.53. The molecule has 0 heterocycles. The highest BCUT2D eigenvalue weighted by atomic mass is 127. The summed E-state index contributed by atoms with van der Waals surface area (Å²) in [5, 5.41) is 0. The Bertz CT molecular complexity index is 229. The van der Waals surface area contributed by atoms with Gasteiger partial charge in [-0.05, 0) is 24.3 Å². The summed E-state index contributed by atoms with van der Waals surface area (Å²) in [5.74, 6) is -0.871. The van der Waals surface area contributed by atoms with Crippen molar-refractivity contribution in [1.82, 2.24) is 0 Å². The van der Waals surface area contributed by atoms with E-state index >= 15 is 0 Å². The van der Waals surface area contributed by atoms with E-state index in [2.05, 4.69) is 22.6 Å². The van der Waals surface area contributed by atoms with Crippen molar-refractivity contribution in [3.05, 3.63) is 24.3 Å². The molecule has 0 saturated heterocycles. The highest BCUT2D eigenvalue weighted by molar-refractivity contribution is 14.1. The van der Waals surface area contributed by atoms with Gasteiger partial charge in [-0.25, -0.2) is 0 Å². The lowest BCUT2D eigenvalue weighted by atomic mass is 10.1. The largest absolute Gasteiger partial charge is 0.346 e. The van der Waals surface area contributed by atoms with Crippen LogP contribution in [0, 0.1) is 0 Å². The molecule has 0 radical (unpaired) electrons. The lowest BCUT2D eigenvalue weighted by Crippen LogP contribution is -2.32. The molecule has 0 fully saturated rings. The Morgan fingerprint density at radius 1 is 1.46 bits per heavy atom. The third kappa shape index (κ3) is 2.89. The summed E-state index contributed by atoms with van der Waals surface area (Å²) >= 11 is 2.21. The third-order valence-electron chi connectivity index (χ3n) is 1.68. The molecule has 0 bridgehead atoms. The number of carbonyl (C=O) groups excluding carboxylic acids is 1. The van der Waals surface area contributed by atoms with Crippen LogP contribution in [0.15, 0.2) is 24.3 Å². The zero-order valence-corrected chi connectivity index (χ0v) is 9.48. The summed E-state index contributed by atoms with van der Waals surface area (Å²) in [5.41, 5.74) is 0. The number of alkyl halides is 1. The van der Waals surface area contributed by atoms with Crippen LogP contribution in [-0.4, -0.2) is 29.7 Å². The summed E-state index contributed by atoms with van der Waals surface area (Å²) in [7, 11) is 1.55. The maximum Gasteiger partial charge on any atom is 0.208 e. The molecule has 0 unspecified atom stereocenters. The second kappa shape index (κ2) is 4.88. The molecule has 0 saturated carbocycles. The fraction of sp³-hybridized carbons (Fsp3) is 0.444. The molecule has 0 aliphatic heterocycles. The van der Waals surface area contributed by atoms with Crippen LogP contribution < -0.4 is 0 Å². The summed E-state index contributed by atoms with van der Waals surface area (Å²) in [6, 6.07) is 0. The molecule has 0 aromatic rings. The molecule has 72 valence electrons. The van der Waals surface area contributed by atoms with Crippen molar-refractivity contribution >= 4 is 28.4 Å². The van der Waals surface area contributed by atoms with E-state index in [4.69, 9.17) is 9.47 Å². The minimum Gasteiger partial charge on any atom is -0.346 e. The van der Waals surface area contributed by atoms with Crippen molar-refractivity contribution in [2.75, 3.05) is 18.1 Å². The number of ether oxygens (including phenoxy) is 2. The number of hydrogen-bond acceptors (Lipinski definition) is 3. The average molecular weight is 294 g/mol. The molecule has 0 N–H and O–H groups in total. The lowest BCUT2D eigenvalue weighted by Gasteiger charge is -2.26. The molecule has 1 rings (SSSR count). The number of ketones is 1. The molecule has 0 atom stereocenters. The molecule has 0 amide bonds. The molecule has 0 spiro atoms. The number of hydrogen-bond donors (Lipinski definition) is 0. The van der Waals surface area contributed by atoms with Gasteiger partial charge in [-0.2, -0.15) is 0 Å². The van der Waals surface area contributed by atoms with Crippen LogP contribution in [-0.2, 0) is 14.3 Å². The zero-order valence-electron chi connectivity index (χ0n) is 7.33. The minimum absolute atomic E-state index is 0.0363. The van der Waals surface area contributed by atoms with Gasteiger partial charge in [0.2, 0.25) is 5.79 Å². The van der Waals surface area contributed by atoms with Crippen molar-refractivity contribution in [3.63, 3.8) is 0 Å². The van der Waals surface area contributed by atoms with Crippen molar-refractivity contribution in [2.45, 2.75) is 5.79 Å². The van der Waals surface area contributed by atoms with Crippen LogP contribution in [0.5, 0.6) is 0 Å². The number of carbonyl (C=O) groups is 1. The van der Waals surface area contributed by atoms with Gasteiger partial charge in [0.25, 0.3) is 0 Å². The minimum atomic E-state index is -0.834. The molecule has 4 heteroatoms. The van der Waals surface area contributed by atoms with E-state index in [1.807, 2.05) is 0 Å². The Morgan fingerprint density at radius 3 is 2.54 bits per heavy atom. The number of rotatable bonds is 4. The van der Waals surface area contributed by atoms with Gasteiger partial charge in [-0.1, -0.05) is 22.6 Å². The Morgan fingerprint density at radius 2 is 2.08 bits per heavy atom. The molecular weight excluding hydrogens is 283 g/mol. The van der Waals surface area contributed by atoms with Crippen LogP contribution in [0.25, 0.3) is 0 Å². The quantitative estimate of drug-likeness (QED) is 0.447. The molecule has 1 aliphatic rings. The van der Waals surface area contributed by atoms with Gasteiger partial charge in [0.1, 0.15) is 0 Å². The Labute approximate surface area is 90.9 Å². The molecule has 3 nitrogen and oxygen atoms in total. The highest BCUT2D eigenvalue weighted by Gasteiger charge is 2.26. The molecule has 1 aliphatic carbocycles. The Balaban J connectivity index is 2.65. The summed E-state index contributed by atoms with van der Waals surface area (Å²) < 4.78 is 11.5. The van der Waals surface area contributed by atoms with E-state index in [1.165, 1.54) is 12.2 Å². The van der Waals surface area contributed by atoms with E-state index in [0.717, 1.165) is 4.43 Å². The first-order valence-electron chi connectivity index (χ1n) is 3.90. The van der Waals surface area contributed by atoms with Crippen LogP contribution in [0.2, 0.25) is 0 Å². The van der Waals surface area contributed by atoms with E-state index in [1.54, 1.807) is 19.3 Å². The molecular formula is C9H11IO3. The molecule has 0 aromatic heterocycles. The van der Waals surface area contributed by atoms with Gasteiger partial charge in [-0.3, -0.25) is 4.79 Å². The fourth-order valence-electron chi connectivity index (χ4n) is 0.997. The van der Waals surface area contributed by atoms with E-state index in [0.29, 0.717) is 6.61 Å². The van der Waals surface area contributed by atoms with Crippen molar-refractivity contribution < 1.29 is 14.3 Å². The van der Waals surface area contributed by atoms with Crippen molar-refractivity contribution in [1.29, 1.82) is 0 Å². The van der Waals surface area contributed by atoms with E-state index in [9.17, 15) is 4.79 Å². The van der Waals surface area contributed by atoms with Crippen LogP contribution in [0.1, 0.15) is 0 Å². The van der Waals surface area contributed by atoms with Gasteiger partial charge in [-0.15, -0.1) is 0 Å². The predicted octanol–water partition coefficient (Wildman–Crippen LogP) is 1.48. The SMILES string of the molecule is COC1(OCCI)C=CC(=O)C=C1. The average Bonchev–Trinajstić information content (AvgIpc) is 2.18. The van der Waals surface area contributed by atoms with E-state index < -0.39 is 5.79 Å². The first-order valence-corrected chi connectivity index (χ1v) is 5.42. The predicted molar refractivity (Wildman–Crippen MR) is 57.9 cm³/mol. The van der Waals surface area contributed by atoms with Gasteiger partial charge in [0.15, 0.2) is 5.78 Å². The zero-order chi connectivity index (χ0) is 9.73. The first-order chi connectivity index (χ1) is 6.22. The maximum absolute atomic E-state index is 10.9. The van der Waals surface area contributed by atoms with Gasteiger partial charge < -0.3 is 9.47 Å².